The molecule has 0 aromatic heterocycles. The van der Waals surface area contributed by atoms with E-state index in [0.717, 1.165) is 16.7 Å². The van der Waals surface area contributed by atoms with E-state index in [-0.39, 0.29) is 5.91 Å². The van der Waals surface area contributed by atoms with Crippen molar-refractivity contribution in [3.63, 3.8) is 0 Å². The van der Waals surface area contributed by atoms with Gasteiger partial charge in [-0.05, 0) is 34.6 Å². The smallest absolute Gasteiger partial charge is 0.225 e. The van der Waals surface area contributed by atoms with Crippen molar-refractivity contribution in [2.75, 3.05) is 25.5 Å². The second kappa shape index (κ2) is 7.29. The predicted octanol–water partition coefficient (Wildman–Crippen LogP) is 2.40. The van der Waals surface area contributed by atoms with Gasteiger partial charge in [0.15, 0.2) is 0 Å². The molecule has 2 N–H and O–H groups in total. The normalized spacial score (nSPS) is 10.1. The highest BCUT2D eigenvalue weighted by Crippen LogP contribution is 2.27. The van der Waals surface area contributed by atoms with Crippen LogP contribution in [0.4, 0.5) is 5.69 Å². The van der Waals surface area contributed by atoms with Crippen molar-refractivity contribution < 1.29 is 9.53 Å². The summed E-state index contributed by atoms with van der Waals surface area (Å²) >= 11 is 3.36. The van der Waals surface area contributed by atoms with E-state index in [1.807, 2.05) is 19.1 Å². The minimum Gasteiger partial charge on any atom is -0.495 e. The first kappa shape index (κ1) is 14.0. The molecule has 1 aromatic rings. The number of amides is 1. The molecular weight excluding hydrogens is 284 g/mol. The van der Waals surface area contributed by atoms with Crippen LogP contribution in [0.2, 0.25) is 0 Å². The Morgan fingerprint density at radius 1 is 1.47 bits per heavy atom. The van der Waals surface area contributed by atoms with Crippen LogP contribution in [-0.2, 0) is 4.79 Å². The van der Waals surface area contributed by atoms with Gasteiger partial charge in [-0.2, -0.15) is 0 Å². The Morgan fingerprint density at radius 2 is 2.24 bits per heavy atom. The molecule has 0 atom stereocenters. The molecule has 1 aromatic carbocycles. The van der Waals surface area contributed by atoms with Gasteiger partial charge >= 0.3 is 0 Å². The fraction of sp³-hybridized carbons (Fsp3) is 0.417. The number of benzene rings is 1. The van der Waals surface area contributed by atoms with E-state index < -0.39 is 0 Å². The van der Waals surface area contributed by atoms with Crippen molar-refractivity contribution in [2.24, 2.45) is 0 Å². The summed E-state index contributed by atoms with van der Waals surface area (Å²) in [6, 6.07) is 5.46. The molecule has 0 fully saturated rings. The molecule has 17 heavy (non-hydrogen) atoms. The Kier molecular flexibility index (Phi) is 6.00. The molecule has 0 aliphatic rings. The third-order valence-corrected chi connectivity index (χ3v) is 2.87. The maximum Gasteiger partial charge on any atom is 0.225 e. The summed E-state index contributed by atoms with van der Waals surface area (Å²) in [6.45, 7) is 3.58. The Bertz CT molecular complexity index is 383. The van der Waals surface area contributed by atoms with Crippen LogP contribution in [0.1, 0.15) is 13.3 Å². The van der Waals surface area contributed by atoms with Crippen LogP contribution in [0.5, 0.6) is 5.75 Å². The molecule has 5 heteroatoms. The van der Waals surface area contributed by atoms with E-state index in [1.54, 1.807) is 13.2 Å². The molecule has 1 amide bonds. The van der Waals surface area contributed by atoms with E-state index in [1.165, 1.54) is 0 Å². The fourth-order valence-electron chi connectivity index (χ4n) is 1.34. The number of hydrogen-bond acceptors (Lipinski definition) is 3. The summed E-state index contributed by atoms with van der Waals surface area (Å²) in [4.78, 5) is 11.6. The first-order valence-electron chi connectivity index (χ1n) is 5.51. The lowest BCUT2D eigenvalue weighted by atomic mass is 10.3. The number of rotatable bonds is 6. The molecule has 94 valence electrons. The number of ether oxygens (including phenoxy) is 1. The van der Waals surface area contributed by atoms with Gasteiger partial charge in [0.25, 0.3) is 0 Å². The van der Waals surface area contributed by atoms with Crippen LogP contribution in [0, 0.1) is 0 Å². The third kappa shape index (κ3) is 4.75. The van der Waals surface area contributed by atoms with Crippen molar-refractivity contribution in [1.29, 1.82) is 0 Å². The fourth-order valence-corrected chi connectivity index (χ4v) is 1.75. The van der Waals surface area contributed by atoms with Crippen LogP contribution < -0.4 is 15.4 Å². The Labute approximate surface area is 110 Å². The molecule has 0 heterocycles. The zero-order valence-electron chi connectivity index (χ0n) is 10.0. The van der Waals surface area contributed by atoms with Gasteiger partial charge < -0.3 is 15.4 Å². The Hall–Kier alpha value is -1.07. The summed E-state index contributed by atoms with van der Waals surface area (Å²) in [5, 5.41) is 5.93. The summed E-state index contributed by atoms with van der Waals surface area (Å²) in [5.41, 5.74) is 0.742. The summed E-state index contributed by atoms with van der Waals surface area (Å²) in [7, 11) is 1.59. The minimum atomic E-state index is -0.00433. The molecule has 1 rings (SSSR count). The number of halogens is 1. The lowest BCUT2D eigenvalue weighted by Crippen LogP contribution is -2.21. The van der Waals surface area contributed by atoms with Gasteiger partial charge in [0.05, 0.1) is 11.6 Å². The standard InChI is InChI=1S/C12H17BrN2O2/c1-3-14-7-6-12(16)15-9-4-5-10(13)11(8-9)17-2/h4-5,8,14H,3,6-7H2,1-2H3,(H,15,16). The highest BCUT2D eigenvalue weighted by Gasteiger charge is 2.05. The largest absolute Gasteiger partial charge is 0.495 e. The average Bonchev–Trinajstić information content (AvgIpc) is 2.32. The lowest BCUT2D eigenvalue weighted by Gasteiger charge is -2.08. The average molecular weight is 301 g/mol. The minimum absolute atomic E-state index is 0.00433. The van der Waals surface area contributed by atoms with E-state index in [4.69, 9.17) is 4.74 Å². The van der Waals surface area contributed by atoms with Crippen molar-refractivity contribution in [2.45, 2.75) is 13.3 Å². The van der Waals surface area contributed by atoms with Crippen molar-refractivity contribution in [3.8, 4) is 5.75 Å². The van der Waals surface area contributed by atoms with Gasteiger partial charge in [-0.1, -0.05) is 6.92 Å². The van der Waals surface area contributed by atoms with Crippen LogP contribution in [0.25, 0.3) is 0 Å². The van der Waals surface area contributed by atoms with Crippen LogP contribution in [0.3, 0.4) is 0 Å². The molecule has 0 spiro atoms. The zero-order valence-corrected chi connectivity index (χ0v) is 11.6. The number of carbonyl (C=O) groups excluding carboxylic acids is 1. The monoisotopic (exact) mass is 300 g/mol. The van der Waals surface area contributed by atoms with Gasteiger partial charge in [-0.25, -0.2) is 0 Å². The zero-order chi connectivity index (χ0) is 12.7. The number of anilines is 1. The predicted molar refractivity (Wildman–Crippen MR) is 72.5 cm³/mol. The SMILES string of the molecule is CCNCCC(=O)Nc1ccc(Br)c(OC)c1. The molecule has 0 saturated heterocycles. The molecular formula is C12H17BrN2O2. The molecule has 0 saturated carbocycles. The van der Waals surface area contributed by atoms with Crippen molar-refractivity contribution in [3.05, 3.63) is 22.7 Å². The molecule has 4 nitrogen and oxygen atoms in total. The topological polar surface area (TPSA) is 50.4 Å². The van der Waals surface area contributed by atoms with Gasteiger partial charge in [-0.3, -0.25) is 4.79 Å². The Morgan fingerprint density at radius 3 is 2.88 bits per heavy atom. The highest BCUT2D eigenvalue weighted by molar-refractivity contribution is 9.10. The van der Waals surface area contributed by atoms with Crippen LogP contribution >= 0.6 is 15.9 Å². The van der Waals surface area contributed by atoms with Crippen molar-refractivity contribution >= 4 is 27.5 Å². The van der Waals surface area contributed by atoms with Gasteiger partial charge in [0.1, 0.15) is 5.75 Å². The Balaban J connectivity index is 2.53. The quantitative estimate of drug-likeness (QED) is 0.793. The molecule has 0 aliphatic heterocycles. The second-order valence-electron chi connectivity index (χ2n) is 3.50. The summed E-state index contributed by atoms with van der Waals surface area (Å²) in [5.74, 6) is 0.699. The molecule has 0 bridgehead atoms. The van der Waals surface area contributed by atoms with Gasteiger partial charge in [0.2, 0.25) is 5.91 Å². The number of hydrogen-bond donors (Lipinski definition) is 2. The summed E-state index contributed by atoms with van der Waals surface area (Å²) < 4.78 is 6.02. The first-order chi connectivity index (χ1) is 8.17. The van der Waals surface area contributed by atoms with Crippen LogP contribution in [0.15, 0.2) is 22.7 Å². The van der Waals surface area contributed by atoms with Gasteiger partial charge in [0, 0.05) is 24.7 Å². The maximum atomic E-state index is 11.6. The number of methoxy groups -OCH3 is 1. The van der Waals surface area contributed by atoms with Crippen molar-refractivity contribution in [1.82, 2.24) is 5.32 Å². The molecule has 0 radical (unpaired) electrons. The first-order valence-corrected chi connectivity index (χ1v) is 6.30. The third-order valence-electron chi connectivity index (χ3n) is 2.21. The molecule has 0 unspecified atom stereocenters. The molecule has 0 aliphatic carbocycles. The van der Waals surface area contributed by atoms with E-state index in [9.17, 15) is 4.79 Å². The number of carbonyl (C=O) groups is 1. The highest BCUT2D eigenvalue weighted by atomic mass is 79.9. The second-order valence-corrected chi connectivity index (χ2v) is 4.36. The summed E-state index contributed by atoms with van der Waals surface area (Å²) in [6.07, 6.45) is 0.465. The van der Waals surface area contributed by atoms with E-state index in [0.29, 0.717) is 18.7 Å². The lowest BCUT2D eigenvalue weighted by molar-refractivity contribution is -0.116. The number of nitrogens with one attached hydrogen (secondary N) is 2. The maximum absolute atomic E-state index is 11.6. The van der Waals surface area contributed by atoms with E-state index >= 15 is 0 Å². The van der Waals surface area contributed by atoms with Crippen LogP contribution in [-0.4, -0.2) is 26.1 Å². The van der Waals surface area contributed by atoms with E-state index in [2.05, 4.69) is 26.6 Å². The van der Waals surface area contributed by atoms with Gasteiger partial charge in [-0.15, -0.1) is 0 Å².